The Labute approximate surface area is 112 Å². The van der Waals surface area contributed by atoms with Crippen LogP contribution in [0.3, 0.4) is 0 Å². The Kier molecular flexibility index (Phi) is 4.25. The van der Waals surface area contributed by atoms with E-state index in [0.29, 0.717) is 18.6 Å². The molecule has 0 spiro atoms. The summed E-state index contributed by atoms with van der Waals surface area (Å²) in [5.41, 5.74) is 1.18. The highest BCUT2D eigenvalue weighted by Gasteiger charge is 2.14. The molecular weight excluding hydrogens is 250 g/mol. The zero-order chi connectivity index (χ0) is 13.0. The first-order chi connectivity index (χ1) is 8.69. The third-order valence-electron chi connectivity index (χ3n) is 2.62. The van der Waals surface area contributed by atoms with Crippen LogP contribution in [-0.2, 0) is 11.2 Å². The minimum atomic E-state index is 0.212. The lowest BCUT2D eigenvalue weighted by molar-refractivity contribution is 0.174. The summed E-state index contributed by atoms with van der Waals surface area (Å²) in [6.45, 7) is 4.87. The molecule has 0 amide bonds. The number of benzene rings is 1. The van der Waals surface area contributed by atoms with Gasteiger partial charge >= 0.3 is 0 Å². The van der Waals surface area contributed by atoms with Gasteiger partial charge in [-0.05, 0) is 50.2 Å². The van der Waals surface area contributed by atoms with Gasteiger partial charge in [-0.25, -0.2) is 0 Å². The second-order valence-corrected chi connectivity index (χ2v) is 4.53. The standard InChI is InChI=1S/C13H17NO3S/c1-3-15-13(18)14-9(2)6-10-4-5-11-12(7-10)17-8-16-11/h4-5,7,9H,3,6,8H2,1-2H3,(H,14,18). The van der Waals surface area contributed by atoms with Gasteiger partial charge in [-0.3, -0.25) is 0 Å². The first-order valence-corrected chi connectivity index (χ1v) is 6.41. The van der Waals surface area contributed by atoms with E-state index >= 15 is 0 Å². The van der Waals surface area contributed by atoms with Crippen LogP contribution in [0.4, 0.5) is 0 Å². The molecule has 0 aromatic heterocycles. The van der Waals surface area contributed by atoms with E-state index < -0.39 is 0 Å². The van der Waals surface area contributed by atoms with Crippen LogP contribution in [0.5, 0.6) is 11.5 Å². The highest BCUT2D eigenvalue weighted by atomic mass is 32.1. The molecule has 98 valence electrons. The van der Waals surface area contributed by atoms with Crippen molar-refractivity contribution in [1.29, 1.82) is 0 Å². The van der Waals surface area contributed by atoms with Gasteiger partial charge in [-0.15, -0.1) is 0 Å². The van der Waals surface area contributed by atoms with E-state index in [1.807, 2.05) is 25.1 Å². The predicted octanol–water partition coefficient (Wildman–Crippen LogP) is 2.26. The van der Waals surface area contributed by atoms with E-state index in [0.717, 1.165) is 17.9 Å². The largest absolute Gasteiger partial charge is 0.471 e. The Morgan fingerprint density at radius 3 is 3.00 bits per heavy atom. The number of hydrogen-bond donors (Lipinski definition) is 1. The van der Waals surface area contributed by atoms with E-state index in [9.17, 15) is 0 Å². The third-order valence-corrected chi connectivity index (χ3v) is 2.85. The van der Waals surface area contributed by atoms with Crippen LogP contribution in [-0.4, -0.2) is 24.6 Å². The van der Waals surface area contributed by atoms with E-state index in [4.69, 9.17) is 26.4 Å². The van der Waals surface area contributed by atoms with Crippen LogP contribution in [0.15, 0.2) is 18.2 Å². The SMILES string of the molecule is CCOC(=S)NC(C)Cc1ccc2c(c1)OCO2. The van der Waals surface area contributed by atoms with Crippen molar-refractivity contribution in [3.8, 4) is 11.5 Å². The van der Waals surface area contributed by atoms with Crippen LogP contribution in [0.25, 0.3) is 0 Å². The molecule has 0 bridgehead atoms. The molecule has 0 saturated carbocycles. The van der Waals surface area contributed by atoms with Crippen LogP contribution < -0.4 is 14.8 Å². The normalized spacial score (nSPS) is 14.1. The molecule has 1 N–H and O–H groups in total. The molecule has 5 heteroatoms. The van der Waals surface area contributed by atoms with Gasteiger partial charge in [-0.2, -0.15) is 0 Å². The summed E-state index contributed by atoms with van der Waals surface area (Å²) in [6, 6.07) is 6.19. The lowest BCUT2D eigenvalue weighted by Crippen LogP contribution is -2.34. The number of rotatable bonds is 4. The number of thiocarbonyl (C=S) groups is 1. The Morgan fingerprint density at radius 1 is 1.44 bits per heavy atom. The lowest BCUT2D eigenvalue weighted by atomic mass is 10.1. The molecule has 1 aromatic carbocycles. The molecule has 0 radical (unpaired) electrons. The summed E-state index contributed by atoms with van der Waals surface area (Å²) < 4.78 is 15.8. The summed E-state index contributed by atoms with van der Waals surface area (Å²) in [5.74, 6) is 1.62. The average molecular weight is 267 g/mol. The molecule has 0 aliphatic carbocycles. The van der Waals surface area contributed by atoms with Crippen molar-refractivity contribution in [3.05, 3.63) is 23.8 Å². The van der Waals surface area contributed by atoms with E-state index in [2.05, 4.69) is 12.2 Å². The molecule has 1 unspecified atom stereocenters. The summed E-state index contributed by atoms with van der Waals surface area (Å²) in [4.78, 5) is 0. The van der Waals surface area contributed by atoms with E-state index in [-0.39, 0.29) is 6.04 Å². The van der Waals surface area contributed by atoms with Gasteiger partial charge in [0.15, 0.2) is 11.5 Å². The quantitative estimate of drug-likeness (QED) is 0.847. The molecule has 1 aliphatic rings. The molecule has 1 aliphatic heterocycles. The summed E-state index contributed by atoms with van der Waals surface area (Å²) in [7, 11) is 0. The van der Waals surface area contributed by atoms with Crippen molar-refractivity contribution >= 4 is 17.4 Å². The van der Waals surface area contributed by atoms with Crippen molar-refractivity contribution in [2.45, 2.75) is 26.3 Å². The molecule has 1 heterocycles. The number of hydrogen-bond acceptors (Lipinski definition) is 4. The minimum Gasteiger partial charge on any atom is -0.471 e. The summed E-state index contributed by atoms with van der Waals surface area (Å²) in [6.07, 6.45) is 0.851. The second kappa shape index (κ2) is 5.91. The first kappa shape index (κ1) is 13.0. The predicted molar refractivity (Wildman–Crippen MR) is 73.1 cm³/mol. The van der Waals surface area contributed by atoms with Crippen LogP contribution in [0.1, 0.15) is 19.4 Å². The fourth-order valence-electron chi connectivity index (χ4n) is 1.85. The summed E-state index contributed by atoms with van der Waals surface area (Å²) >= 11 is 5.05. The van der Waals surface area contributed by atoms with Gasteiger partial charge in [0.25, 0.3) is 5.17 Å². The Hall–Kier alpha value is -1.49. The Balaban J connectivity index is 1.91. The molecule has 2 rings (SSSR count). The van der Waals surface area contributed by atoms with Gasteiger partial charge in [0.2, 0.25) is 6.79 Å². The smallest absolute Gasteiger partial charge is 0.256 e. The highest BCUT2D eigenvalue weighted by Crippen LogP contribution is 2.32. The van der Waals surface area contributed by atoms with Crippen molar-refractivity contribution in [3.63, 3.8) is 0 Å². The molecule has 0 saturated heterocycles. The topological polar surface area (TPSA) is 39.7 Å². The number of fused-ring (bicyclic) bond motifs is 1. The number of nitrogens with one attached hydrogen (secondary N) is 1. The van der Waals surface area contributed by atoms with E-state index in [1.54, 1.807) is 0 Å². The van der Waals surface area contributed by atoms with Gasteiger partial charge in [0.05, 0.1) is 6.61 Å². The van der Waals surface area contributed by atoms with Gasteiger partial charge < -0.3 is 19.5 Å². The van der Waals surface area contributed by atoms with Crippen LogP contribution in [0, 0.1) is 0 Å². The summed E-state index contributed by atoms with van der Waals surface area (Å²) in [5, 5.41) is 3.58. The minimum absolute atomic E-state index is 0.212. The molecule has 4 nitrogen and oxygen atoms in total. The van der Waals surface area contributed by atoms with Gasteiger partial charge in [0, 0.05) is 6.04 Å². The molecular formula is C13H17NO3S. The fourth-order valence-corrected chi connectivity index (χ4v) is 2.17. The zero-order valence-corrected chi connectivity index (χ0v) is 11.4. The van der Waals surface area contributed by atoms with Crippen LogP contribution in [0.2, 0.25) is 0 Å². The maximum absolute atomic E-state index is 5.35. The molecule has 1 aromatic rings. The monoisotopic (exact) mass is 267 g/mol. The maximum atomic E-state index is 5.35. The third kappa shape index (κ3) is 3.26. The van der Waals surface area contributed by atoms with Crippen molar-refractivity contribution < 1.29 is 14.2 Å². The first-order valence-electron chi connectivity index (χ1n) is 6.01. The Bertz CT molecular complexity index is 436. The molecule has 1 atom stereocenters. The van der Waals surface area contributed by atoms with Gasteiger partial charge in [0.1, 0.15) is 0 Å². The highest BCUT2D eigenvalue weighted by molar-refractivity contribution is 7.80. The van der Waals surface area contributed by atoms with Crippen LogP contribution >= 0.6 is 12.2 Å². The Morgan fingerprint density at radius 2 is 2.22 bits per heavy atom. The lowest BCUT2D eigenvalue weighted by Gasteiger charge is -2.15. The number of ether oxygens (including phenoxy) is 3. The van der Waals surface area contributed by atoms with Gasteiger partial charge in [-0.1, -0.05) is 6.07 Å². The van der Waals surface area contributed by atoms with Crippen molar-refractivity contribution in [2.75, 3.05) is 13.4 Å². The van der Waals surface area contributed by atoms with Crippen molar-refractivity contribution in [2.24, 2.45) is 0 Å². The van der Waals surface area contributed by atoms with Crippen molar-refractivity contribution in [1.82, 2.24) is 5.32 Å². The fraction of sp³-hybridized carbons (Fsp3) is 0.462. The average Bonchev–Trinajstić information content (AvgIpc) is 2.76. The molecule has 18 heavy (non-hydrogen) atoms. The molecule has 0 fully saturated rings. The zero-order valence-electron chi connectivity index (χ0n) is 10.6. The van der Waals surface area contributed by atoms with E-state index in [1.165, 1.54) is 5.56 Å². The second-order valence-electron chi connectivity index (χ2n) is 4.16. The maximum Gasteiger partial charge on any atom is 0.256 e.